The first-order valence-corrected chi connectivity index (χ1v) is 7.41. The number of hydrogen-bond acceptors (Lipinski definition) is 2. The highest BCUT2D eigenvalue weighted by atomic mass is 16.2. The number of rotatable bonds is 4. The van der Waals surface area contributed by atoms with Crippen molar-refractivity contribution in [1.82, 2.24) is 15.5 Å². The second-order valence-electron chi connectivity index (χ2n) is 5.73. The van der Waals surface area contributed by atoms with Gasteiger partial charge in [0.2, 0.25) is 0 Å². The molecule has 0 saturated heterocycles. The first kappa shape index (κ1) is 14.9. The van der Waals surface area contributed by atoms with Gasteiger partial charge in [-0.25, -0.2) is 4.79 Å². The predicted molar refractivity (Wildman–Crippen MR) is 81.5 cm³/mol. The van der Waals surface area contributed by atoms with Crippen LogP contribution in [0.25, 0.3) is 0 Å². The molecule has 0 bridgehead atoms. The standard InChI is InChI=1S/C16H25N3O/c1-19(2)15-11-7-6-10-14(15)18-16(20)17-12-13-8-4-3-5-9-13/h3-5,8-9,14-15H,6-7,10-12H2,1-2H3,(H2,17,18,20)/t14-,15-/m1/s1. The van der Waals surface area contributed by atoms with Gasteiger partial charge < -0.3 is 15.5 Å². The predicted octanol–water partition coefficient (Wildman–Crippen LogP) is 2.36. The van der Waals surface area contributed by atoms with Crippen molar-refractivity contribution in [1.29, 1.82) is 0 Å². The number of nitrogens with one attached hydrogen (secondary N) is 2. The van der Waals surface area contributed by atoms with Gasteiger partial charge in [0.05, 0.1) is 0 Å². The van der Waals surface area contributed by atoms with Gasteiger partial charge in [-0.15, -0.1) is 0 Å². The Morgan fingerprint density at radius 2 is 1.90 bits per heavy atom. The Morgan fingerprint density at radius 3 is 2.60 bits per heavy atom. The van der Waals surface area contributed by atoms with Gasteiger partial charge in [0.1, 0.15) is 0 Å². The summed E-state index contributed by atoms with van der Waals surface area (Å²) in [6.07, 6.45) is 4.69. The highest BCUT2D eigenvalue weighted by Gasteiger charge is 2.27. The zero-order chi connectivity index (χ0) is 14.4. The molecule has 0 spiro atoms. The van der Waals surface area contributed by atoms with Crippen LogP contribution in [0.1, 0.15) is 31.2 Å². The van der Waals surface area contributed by atoms with Gasteiger partial charge in [-0.05, 0) is 32.5 Å². The van der Waals surface area contributed by atoms with Crippen LogP contribution in [0.2, 0.25) is 0 Å². The third kappa shape index (κ3) is 4.23. The van der Waals surface area contributed by atoms with Crippen LogP contribution in [-0.2, 0) is 6.54 Å². The molecule has 2 N–H and O–H groups in total. The number of urea groups is 1. The molecule has 1 aromatic carbocycles. The summed E-state index contributed by atoms with van der Waals surface area (Å²) in [6, 6.07) is 10.6. The van der Waals surface area contributed by atoms with Crippen molar-refractivity contribution in [2.75, 3.05) is 14.1 Å². The lowest BCUT2D eigenvalue weighted by atomic mass is 9.89. The van der Waals surface area contributed by atoms with E-state index < -0.39 is 0 Å². The number of carbonyl (C=O) groups excluding carboxylic acids is 1. The Balaban J connectivity index is 1.81. The first-order valence-electron chi connectivity index (χ1n) is 7.41. The third-order valence-corrected chi connectivity index (χ3v) is 4.01. The summed E-state index contributed by atoms with van der Waals surface area (Å²) in [5, 5.41) is 6.07. The van der Waals surface area contributed by atoms with Crippen molar-refractivity contribution in [3.8, 4) is 0 Å². The van der Waals surface area contributed by atoms with Gasteiger partial charge in [0, 0.05) is 18.6 Å². The van der Waals surface area contributed by atoms with Crippen molar-refractivity contribution in [2.45, 2.75) is 44.3 Å². The molecule has 0 heterocycles. The molecule has 1 saturated carbocycles. The van der Waals surface area contributed by atoms with Crippen LogP contribution in [0.15, 0.2) is 30.3 Å². The molecule has 20 heavy (non-hydrogen) atoms. The Morgan fingerprint density at radius 1 is 1.20 bits per heavy atom. The lowest BCUT2D eigenvalue weighted by molar-refractivity contribution is 0.174. The van der Waals surface area contributed by atoms with Crippen molar-refractivity contribution >= 4 is 6.03 Å². The summed E-state index contributed by atoms with van der Waals surface area (Å²) in [5.74, 6) is 0. The second kappa shape index (κ2) is 7.29. The van der Waals surface area contributed by atoms with Crippen LogP contribution in [0.3, 0.4) is 0 Å². The monoisotopic (exact) mass is 275 g/mol. The molecule has 4 heteroatoms. The number of nitrogens with zero attached hydrogens (tertiary/aromatic N) is 1. The fourth-order valence-electron chi connectivity index (χ4n) is 2.90. The van der Waals surface area contributed by atoms with E-state index in [0.717, 1.165) is 18.4 Å². The minimum atomic E-state index is -0.0624. The van der Waals surface area contributed by atoms with Crippen molar-refractivity contribution in [3.63, 3.8) is 0 Å². The van der Waals surface area contributed by atoms with Crippen molar-refractivity contribution in [3.05, 3.63) is 35.9 Å². The minimum Gasteiger partial charge on any atom is -0.334 e. The maximum absolute atomic E-state index is 12.0. The largest absolute Gasteiger partial charge is 0.334 e. The molecule has 1 fully saturated rings. The summed E-state index contributed by atoms with van der Waals surface area (Å²) in [7, 11) is 4.18. The fraction of sp³-hybridized carbons (Fsp3) is 0.562. The van der Waals surface area contributed by atoms with Gasteiger partial charge in [-0.3, -0.25) is 0 Å². The van der Waals surface area contributed by atoms with E-state index in [1.807, 2.05) is 30.3 Å². The normalized spacial score (nSPS) is 22.6. The van der Waals surface area contributed by atoms with E-state index in [4.69, 9.17) is 0 Å². The molecule has 0 radical (unpaired) electrons. The van der Waals surface area contributed by atoms with Crippen molar-refractivity contribution < 1.29 is 4.79 Å². The Kier molecular flexibility index (Phi) is 5.41. The van der Waals surface area contributed by atoms with E-state index in [1.165, 1.54) is 12.8 Å². The summed E-state index contributed by atoms with van der Waals surface area (Å²) in [5.41, 5.74) is 1.12. The van der Waals surface area contributed by atoms with E-state index >= 15 is 0 Å². The lowest BCUT2D eigenvalue weighted by Crippen LogP contribution is -2.53. The molecule has 0 aliphatic heterocycles. The summed E-state index contributed by atoms with van der Waals surface area (Å²) in [6.45, 7) is 0.575. The van der Waals surface area contributed by atoms with Crippen LogP contribution in [0.5, 0.6) is 0 Å². The fourth-order valence-corrected chi connectivity index (χ4v) is 2.90. The van der Waals surface area contributed by atoms with Crippen LogP contribution in [0.4, 0.5) is 4.79 Å². The van der Waals surface area contributed by atoms with Gasteiger partial charge >= 0.3 is 6.03 Å². The van der Waals surface area contributed by atoms with Gasteiger partial charge in [0.25, 0.3) is 0 Å². The summed E-state index contributed by atoms with van der Waals surface area (Å²) < 4.78 is 0. The van der Waals surface area contributed by atoms with E-state index in [2.05, 4.69) is 29.6 Å². The molecular weight excluding hydrogens is 250 g/mol. The van der Waals surface area contributed by atoms with Crippen LogP contribution in [0, 0.1) is 0 Å². The zero-order valence-corrected chi connectivity index (χ0v) is 12.4. The summed E-state index contributed by atoms with van der Waals surface area (Å²) in [4.78, 5) is 14.2. The molecule has 110 valence electrons. The first-order chi connectivity index (χ1) is 9.66. The van der Waals surface area contributed by atoms with E-state index in [9.17, 15) is 4.79 Å². The van der Waals surface area contributed by atoms with E-state index in [0.29, 0.717) is 12.6 Å². The third-order valence-electron chi connectivity index (χ3n) is 4.01. The number of amides is 2. The quantitative estimate of drug-likeness (QED) is 0.886. The number of benzene rings is 1. The smallest absolute Gasteiger partial charge is 0.315 e. The lowest BCUT2D eigenvalue weighted by Gasteiger charge is -2.36. The van der Waals surface area contributed by atoms with Gasteiger partial charge in [0.15, 0.2) is 0 Å². The molecule has 0 aromatic heterocycles. The van der Waals surface area contributed by atoms with Gasteiger partial charge in [-0.1, -0.05) is 43.2 Å². The second-order valence-corrected chi connectivity index (χ2v) is 5.73. The van der Waals surface area contributed by atoms with Gasteiger partial charge in [-0.2, -0.15) is 0 Å². The van der Waals surface area contributed by atoms with Crippen LogP contribution >= 0.6 is 0 Å². The number of carbonyl (C=O) groups is 1. The summed E-state index contributed by atoms with van der Waals surface area (Å²) >= 11 is 0. The molecule has 2 rings (SSSR count). The Bertz CT molecular complexity index is 419. The Hall–Kier alpha value is -1.55. The van der Waals surface area contributed by atoms with Crippen LogP contribution in [-0.4, -0.2) is 37.1 Å². The van der Waals surface area contributed by atoms with E-state index in [1.54, 1.807) is 0 Å². The number of likely N-dealkylation sites (N-methyl/N-ethyl adjacent to an activating group) is 1. The molecule has 1 aliphatic carbocycles. The minimum absolute atomic E-state index is 0.0624. The van der Waals surface area contributed by atoms with E-state index in [-0.39, 0.29) is 12.1 Å². The maximum atomic E-state index is 12.0. The molecule has 4 nitrogen and oxygen atoms in total. The number of hydrogen-bond donors (Lipinski definition) is 2. The molecule has 2 atom stereocenters. The maximum Gasteiger partial charge on any atom is 0.315 e. The topological polar surface area (TPSA) is 44.4 Å². The highest BCUT2D eigenvalue weighted by molar-refractivity contribution is 5.74. The molecule has 0 unspecified atom stereocenters. The molecule has 1 aliphatic rings. The molecule has 2 amide bonds. The average Bonchev–Trinajstić information content (AvgIpc) is 2.46. The zero-order valence-electron chi connectivity index (χ0n) is 12.4. The SMILES string of the molecule is CN(C)[C@@H]1CCCC[C@H]1NC(=O)NCc1ccccc1. The Labute approximate surface area is 121 Å². The van der Waals surface area contributed by atoms with Crippen molar-refractivity contribution in [2.24, 2.45) is 0 Å². The molecular formula is C16H25N3O. The van der Waals surface area contributed by atoms with Crippen LogP contribution < -0.4 is 10.6 Å². The molecule has 1 aromatic rings. The average molecular weight is 275 g/mol. The highest BCUT2D eigenvalue weighted by Crippen LogP contribution is 2.21.